The van der Waals surface area contributed by atoms with E-state index in [0.29, 0.717) is 11.5 Å². The zero-order valence-corrected chi connectivity index (χ0v) is 14.1. The van der Waals surface area contributed by atoms with Gasteiger partial charge in [-0.25, -0.2) is 0 Å². The molecule has 3 aromatic rings. The van der Waals surface area contributed by atoms with Crippen molar-refractivity contribution in [1.82, 2.24) is 0 Å². The number of benzene rings is 3. The molecule has 0 atom stereocenters. The average Bonchev–Trinajstić information content (AvgIpc) is 2.62. The van der Waals surface area contributed by atoms with Gasteiger partial charge in [0.2, 0.25) is 0 Å². The Hall–Kier alpha value is -2.74. The van der Waals surface area contributed by atoms with Gasteiger partial charge in [0.15, 0.2) is 0 Å². The lowest BCUT2D eigenvalue weighted by molar-refractivity contribution is 0.468. The fraction of sp³-hybridized carbons (Fsp3) is 0.182. The minimum atomic E-state index is 0.350. The molecular weight excluding hydrogens is 296 g/mol. The van der Waals surface area contributed by atoms with Crippen molar-refractivity contribution in [2.75, 3.05) is 0 Å². The molecule has 2 nitrogen and oxygen atoms in total. The Labute approximate surface area is 143 Å². The van der Waals surface area contributed by atoms with Crippen molar-refractivity contribution >= 4 is 0 Å². The number of phenols is 2. The lowest BCUT2D eigenvalue weighted by Crippen LogP contribution is -1.87. The van der Waals surface area contributed by atoms with Gasteiger partial charge in [-0.05, 0) is 76.6 Å². The summed E-state index contributed by atoms with van der Waals surface area (Å²) < 4.78 is 0. The molecule has 0 radical (unpaired) electrons. The van der Waals surface area contributed by atoms with E-state index < -0.39 is 0 Å². The summed E-state index contributed by atoms with van der Waals surface area (Å²) in [7, 11) is 0. The minimum Gasteiger partial charge on any atom is -0.508 e. The van der Waals surface area contributed by atoms with Crippen LogP contribution in [0.4, 0.5) is 0 Å². The third-order valence-corrected chi connectivity index (χ3v) is 4.45. The Bertz CT molecular complexity index is 797. The Balaban J connectivity index is 2.03. The van der Waals surface area contributed by atoms with Crippen molar-refractivity contribution in [3.8, 4) is 33.8 Å². The fourth-order valence-electron chi connectivity index (χ4n) is 2.97. The number of aromatic hydroxyl groups is 2. The van der Waals surface area contributed by atoms with Gasteiger partial charge in [0.1, 0.15) is 11.5 Å². The van der Waals surface area contributed by atoms with Crippen LogP contribution in [0.2, 0.25) is 0 Å². The third-order valence-electron chi connectivity index (χ3n) is 4.45. The molecule has 0 aliphatic carbocycles. The molecule has 2 N–H and O–H groups in total. The predicted molar refractivity (Wildman–Crippen MR) is 99.4 cm³/mol. The SMILES string of the molecule is CCc1cc(-c2cccc(-c3ccc(O)c(CC)c3)c2)ccc1O. The molecule has 0 fully saturated rings. The zero-order chi connectivity index (χ0) is 17.1. The molecule has 0 aliphatic rings. The molecule has 3 aromatic carbocycles. The van der Waals surface area contributed by atoms with Gasteiger partial charge in [-0.15, -0.1) is 0 Å². The van der Waals surface area contributed by atoms with E-state index in [4.69, 9.17) is 0 Å². The zero-order valence-electron chi connectivity index (χ0n) is 14.1. The second-order valence-electron chi connectivity index (χ2n) is 5.97. The van der Waals surface area contributed by atoms with Gasteiger partial charge < -0.3 is 10.2 Å². The van der Waals surface area contributed by atoms with E-state index in [1.54, 1.807) is 12.1 Å². The average molecular weight is 318 g/mol. The molecule has 0 saturated heterocycles. The van der Waals surface area contributed by atoms with Crippen LogP contribution in [0.1, 0.15) is 25.0 Å². The molecule has 122 valence electrons. The Morgan fingerprint density at radius 1 is 0.583 bits per heavy atom. The molecule has 2 heteroatoms. The van der Waals surface area contributed by atoms with Crippen LogP contribution in [0.25, 0.3) is 22.3 Å². The normalized spacial score (nSPS) is 10.8. The quantitative estimate of drug-likeness (QED) is 0.661. The van der Waals surface area contributed by atoms with Gasteiger partial charge in [-0.2, -0.15) is 0 Å². The molecule has 3 rings (SSSR count). The Kier molecular flexibility index (Phi) is 4.57. The molecule has 0 heterocycles. The van der Waals surface area contributed by atoms with Crippen LogP contribution < -0.4 is 0 Å². The largest absolute Gasteiger partial charge is 0.508 e. The topological polar surface area (TPSA) is 40.5 Å². The summed E-state index contributed by atoms with van der Waals surface area (Å²) >= 11 is 0. The number of rotatable bonds is 4. The predicted octanol–water partition coefficient (Wildman–Crippen LogP) is 5.56. The van der Waals surface area contributed by atoms with Crippen LogP contribution in [0.15, 0.2) is 60.7 Å². The highest BCUT2D eigenvalue weighted by molar-refractivity contribution is 5.74. The van der Waals surface area contributed by atoms with E-state index in [1.807, 2.05) is 44.2 Å². The first-order chi connectivity index (χ1) is 11.6. The van der Waals surface area contributed by atoms with Crippen LogP contribution in [-0.2, 0) is 12.8 Å². The van der Waals surface area contributed by atoms with Gasteiger partial charge in [0, 0.05) is 0 Å². The van der Waals surface area contributed by atoms with Gasteiger partial charge in [-0.3, -0.25) is 0 Å². The standard InChI is InChI=1S/C22H22O2/c1-3-15-12-19(8-10-21(15)23)17-6-5-7-18(14-17)20-9-11-22(24)16(4-2)13-20/h5-14,23-24H,3-4H2,1-2H3. The smallest absolute Gasteiger partial charge is 0.118 e. The van der Waals surface area contributed by atoms with Crippen LogP contribution in [-0.4, -0.2) is 10.2 Å². The summed E-state index contributed by atoms with van der Waals surface area (Å²) in [6, 6.07) is 19.9. The van der Waals surface area contributed by atoms with Crippen molar-refractivity contribution in [3.63, 3.8) is 0 Å². The van der Waals surface area contributed by atoms with Crippen molar-refractivity contribution in [2.45, 2.75) is 26.7 Å². The molecule has 0 bridgehead atoms. The molecule has 0 amide bonds. The number of aryl methyl sites for hydroxylation is 2. The first-order valence-electron chi connectivity index (χ1n) is 8.37. The molecule has 0 saturated carbocycles. The van der Waals surface area contributed by atoms with Gasteiger partial charge in [0.05, 0.1) is 0 Å². The monoisotopic (exact) mass is 318 g/mol. The molecule has 0 spiro atoms. The molecule has 0 aliphatic heterocycles. The summed E-state index contributed by atoms with van der Waals surface area (Å²) in [5.41, 5.74) is 6.34. The highest BCUT2D eigenvalue weighted by atomic mass is 16.3. The maximum atomic E-state index is 9.87. The van der Waals surface area contributed by atoms with E-state index in [9.17, 15) is 10.2 Å². The van der Waals surface area contributed by atoms with Crippen LogP contribution in [0, 0.1) is 0 Å². The summed E-state index contributed by atoms with van der Waals surface area (Å²) in [6.45, 7) is 4.08. The van der Waals surface area contributed by atoms with Gasteiger partial charge in [0.25, 0.3) is 0 Å². The van der Waals surface area contributed by atoms with Crippen molar-refractivity contribution in [2.24, 2.45) is 0 Å². The minimum absolute atomic E-state index is 0.350. The highest BCUT2D eigenvalue weighted by Crippen LogP contribution is 2.31. The van der Waals surface area contributed by atoms with E-state index in [-0.39, 0.29) is 0 Å². The van der Waals surface area contributed by atoms with E-state index in [2.05, 4.69) is 18.2 Å². The molecule has 0 unspecified atom stereocenters. The Morgan fingerprint density at radius 3 is 1.42 bits per heavy atom. The maximum absolute atomic E-state index is 9.87. The van der Waals surface area contributed by atoms with E-state index in [1.165, 1.54) is 0 Å². The third kappa shape index (κ3) is 3.13. The maximum Gasteiger partial charge on any atom is 0.118 e. The molecule has 24 heavy (non-hydrogen) atoms. The molecule has 0 aromatic heterocycles. The van der Waals surface area contributed by atoms with Crippen molar-refractivity contribution in [1.29, 1.82) is 0 Å². The van der Waals surface area contributed by atoms with Crippen LogP contribution >= 0.6 is 0 Å². The molecular formula is C22H22O2. The summed E-state index contributed by atoms with van der Waals surface area (Å²) in [4.78, 5) is 0. The van der Waals surface area contributed by atoms with Crippen LogP contribution in [0.5, 0.6) is 11.5 Å². The number of hydrogen-bond acceptors (Lipinski definition) is 2. The summed E-state index contributed by atoms with van der Waals surface area (Å²) in [5.74, 6) is 0.701. The summed E-state index contributed by atoms with van der Waals surface area (Å²) in [6.07, 6.45) is 1.61. The van der Waals surface area contributed by atoms with Crippen molar-refractivity contribution in [3.05, 3.63) is 71.8 Å². The Morgan fingerprint density at radius 2 is 1.00 bits per heavy atom. The second kappa shape index (κ2) is 6.79. The highest BCUT2D eigenvalue weighted by Gasteiger charge is 2.07. The lowest BCUT2D eigenvalue weighted by Gasteiger charge is -2.10. The fourth-order valence-corrected chi connectivity index (χ4v) is 2.97. The van der Waals surface area contributed by atoms with Crippen molar-refractivity contribution < 1.29 is 10.2 Å². The number of hydrogen-bond donors (Lipinski definition) is 2. The second-order valence-corrected chi connectivity index (χ2v) is 5.97. The van der Waals surface area contributed by atoms with E-state index >= 15 is 0 Å². The van der Waals surface area contributed by atoms with Gasteiger partial charge >= 0.3 is 0 Å². The first-order valence-corrected chi connectivity index (χ1v) is 8.37. The van der Waals surface area contributed by atoms with E-state index in [0.717, 1.165) is 46.2 Å². The number of phenolic OH excluding ortho intramolecular Hbond substituents is 2. The first kappa shape index (κ1) is 16.1. The van der Waals surface area contributed by atoms with Gasteiger partial charge in [-0.1, -0.05) is 44.2 Å². The lowest BCUT2D eigenvalue weighted by atomic mass is 9.96. The van der Waals surface area contributed by atoms with Crippen LogP contribution in [0.3, 0.4) is 0 Å². The summed E-state index contributed by atoms with van der Waals surface area (Å²) in [5, 5.41) is 19.7.